The lowest BCUT2D eigenvalue weighted by Crippen LogP contribution is -2.52. The SMILES string of the molecule is CNC(=O)[C@H](Cc1ccc(OCCS(=O)(=O)O)cc1)NC(=O)[C@H](C)C(CN1C(=O)c2ccccc2C1=O)C(=O)NO. The first-order valence-electron chi connectivity index (χ1n) is 12.4. The molecule has 5 amide bonds. The van der Waals surface area contributed by atoms with Gasteiger partial charge in [0.2, 0.25) is 17.7 Å². The Bertz CT molecular complexity index is 1390. The molecule has 220 valence electrons. The van der Waals surface area contributed by atoms with Crippen molar-refractivity contribution in [2.45, 2.75) is 19.4 Å². The molecule has 15 heteroatoms. The molecule has 0 fully saturated rings. The lowest BCUT2D eigenvalue weighted by molar-refractivity contribution is -0.140. The molecule has 3 rings (SSSR count). The van der Waals surface area contributed by atoms with Crippen molar-refractivity contribution in [3.05, 3.63) is 65.2 Å². The lowest BCUT2D eigenvalue weighted by Gasteiger charge is -2.27. The summed E-state index contributed by atoms with van der Waals surface area (Å²) in [6.45, 7) is 0.611. The van der Waals surface area contributed by atoms with E-state index in [-0.39, 0.29) is 24.2 Å². The zero-order valence-electron chi connectivity index (χ0n) is 22.2. The fourth-order valence-electron chi connectivity index (χ4n) is 4.24. The number of fused-ring (bicyclic) bond motifs is 1. The molecule has 3 atom stereocenters. The van der Waals surface area contributed by atoms with Crippen LogP contribution in [0, 0.1) is 11.8 Å². The Morgan fingerprint density at radius 2 is 1.54 bits per heavy atom. The number of ether oxygens (including phenoxy) is 1. The average molecular weight is 591 g/mol. The zero-order valence-corrected chi connectivity index (χ0v) is 23.0. The molecule has 14 nitrogen and oxygen atoms in total. The molecule has 5 N–H and O–H groups in total. The summed E-state index contributed by atoms with van der Waals surface area (Å²) in [6.07, 6.45) is 0.0265. The number of nitrogens with zero attached hydrogens (tertiary/aromatic N) is 1. The summed E-state index contributed by atoms with van der Waals surface area (Å²) in [5, 5.41) is 14.3. The van der Waals surface area contributed by atoms with Crippen LogP contribution in [0.1, 0.15) is 33.2 Å². The lowest BCUT2D eigenvalue weighted by atomic mass is 9.91. The van der Waals surface area contributed by atoms with Crippen LogP contribution in [0.5, 0.6) is 5.75 Å². The number of benzene rings is 2. The van der Waals surface area contributed by atoms with Crippen LogP contribution in [-0.4, -0.2) is 84.6 Å². The first kappa shape index (κ1) is 31.2. The van der Waals surface area contributed by atoms with E-state index in [0.29, 0.717) is 11.3 Å². The number of hydrogen-bond acceptors (Lipinski definition) is 9. The summed E-state index contributed by atoms with van der Waals surface area (Å²) in [7, 11) is -2.80. The highest BCUT2D eigenvalue weighted by atomic mass is 32.2. The number of carbonyl (C=O) groups excluding carboxylic acids is 5. The van der Waals surface area contributed by atoms with E-state index in [9.17, 15) is 37.6 Å². The molecule has 0 spiro atoms. The minimum Gasteiger partial charge on any atom is -0.492 e. The maximum Gasteiger partial charge on any atom is 0.268 e. The molecule has 1 aliphatic heterocycles. The summed E-state index contributed by atoms with van der Waals surface area (Å²) in [6, 6.07) is 11.3. The fraction of sp³-hybridized carbons (Fsp3) is 0.346. The van der Waals surface area contributed by atoms with Gasteiger partial charge in [-0.2, -0.15) is 8.42 Å². The van der Waals surface area contributed by atoms with Gasteiger partial charge in [-0.1, -0.05) is 31.2 Å². The molecule has 41 heavy (non-hydrogen) atoms. The molecule has 0 aromatic heterocycles. The van der Waals surface area contributed by atoms with Gasteiger partial charge < -0.3 is 15.4 Å². The van der Waals surface area contributed by atoms with Gasteiger partial charge in [0.05, 0.1) is 17.0 Å². The molecule has 1 unspecified atom stereocenters. The Hall–Kier alpha value is -4.34. The summed E-state index contributed by atoms with van der Waals surface area (Å²) >= 11 is 0. The standard InChI is InChI=1S/C26H30N4O10S/c1-15(20(23(32)29-36)14-30-25(34)18-5-3-4-6-19(18)26(30)35)22(31)28-21(24(33)27-2)13-16-7-9-17(10-8-16)40-11-12-41(37,38)39/h3-10,15,20-21,36H,11-14H2,1-2H3,(H,27,33)(H,28,31)(H,29,32)(H,37,38,39)/t15-,20?,21+/m1/s1. The van der Waals surface area contributed by atoms with Gasteiger partial charge in [0, 0.05) is 25.9 Å². The van der Waals surface area contributed by atoms with Crippen LogP contribution >= 0.6 is 0 Å². The van der Waals surface area contributed by atoms with E-state index in [1.165, 1.54) is 43.7 Å². The normalized spacial score (nSPS) is 15.0. The second-order valence-corrected chi connectivity index (χ2v) is 10.9. The van der Waals surface area contributed by atoms with Gasteiger partial charge in [-0.25, -0.2) is 5.48 Å². The van der Waals surface area contributed by atoms with Gasteiger partial charge in [-0.3, -0.25) is 38.6 Å². The van der Waals surface area contributed by atoms with Crippen molar-refractivity contribution in [3.8, 4) is 5.75 Å². The maximum atomic E-state index is 13.2. The van der Waals surface area contributed by atoms with Crippen molar-refractivity contribution in [3.63, 3.8) is 0 Å². The number of rotatable bonds is 13. The number of amides is 5. The third-order valence-corrected chi connectivity index (χ3v) is 7.26. The predicted molar refractivity (Wildman–Crippen MR) is 142 cm³/mol. The average Bonchev–Trinajstić information content (AvgIpc) is 3.19. The van der Waals surface area contributed by atoms with Gasteiger partial charge in [-0.15, -0.1) is 0 Å². The second-order valence-electron chi connectivity index (χ2n) is 9.30. The van der Waals surface area contributed by atoms with Crippen LogP contribution < -0.4 is 20.9 Å². The quantitative estimate of drug-likeness (QED) is 0.0896. The maximum absolute atomic E-state index is 13.2. The second kappa shape index (κ2) is 13.3. The molecule has 0 aliphatic carbocycles. The van der Waals surface area contributed by atoms with E-state index in [4.69, 9.17) is 9.29 Å². The van der Waals surface area contributed by atoms with Crippen LogP contribution in [0.15, 0.2) is 48.5 Å². The topological polar surface area (TPSA) is 209 Å². The largest absolute Gasteiger partial charge is 0.492 e. The molecule has 0 bridgehead atoms. The highest BCUT2D eigenvalue weighted by molar-refractivity contribution is 7.85. The molecule has 0 radical (unpaired) electrons. The number of carbonyl (C=O) groups is 5. The van der Waals surface area contributed by atoms with E-state index in [0.717, 1.165) is 4.90 Å². The molecule has 2 aromatic carbocycles. The summed E-state index contributed by atoms with van der Waals surface area (Å²) in [4.78, 5) is 64.7. The monoisotopic (exact) mass is 590 g/mol. The number of imide groups is 1. The van der Waals surface area contributed by atoms with Gasteiger partial charge in [0.1, 0.15) is 24.2 Å². The van der Waals surface area contributed by atoms with E-state index in [1.807, 2.05) is 0 Å². The minimum absolute atomic E-state index is 0.0265. The van der Waals surface area contributed by atoms with Crippen LogP contribution in [0.3, 0.4) is 0 Å². The van der Waals surface area contributed by atoms with Crippen LogP contribution in [0.2, 0.25) is 0 Å². The highest BCUT2D eigenvalue weighted by Gasteiger charge is 2.41. The predicted octanol–water partition coefficient (Wildman–Crippen LogP) is -0.220. The smallest absolute Gasteiger partial charge is 0.268 e. The minimum atomic E-state index is -4.17. The summed E-state index contributed by atoms with van der Waals surface area (Å²) in [5.74, 6) is -6.34. The van der Waals surface area contributed by atoms with Gasteiger partial charge >= 0.3 is 0 Å². The van der Waals surface area contributed by atoms with Crippen LogP contribution in [-0.2, 0) is 30.9 Å². The van der Waals surface area contributed by atoms with Crippen molar-refractivity contribution in [2.24, 2.45) is 11.8 Å². The Kier molecular flexibility index (Phi) is 10.2. The van der Waals surface area contributed by atoms with E-state index >= 15 is 0 Å². The molecule has 1 aliphatic rings. The first-order chi connectivity index (χ1) is 19.4. The Labute approximate surface area is 235 Å². The van der Waals surface area contributed by atoms with Crippen molar-refractivity contribution in [2.75, 3.05) is 26.0 Å². The fourth-order valence-corrected chi connectivity index (χ4v) is 4.54. The Morgan fingerprint density at radius 3 is 2.05 bits per heavy atom. The molecule has 0 saturated heterocycles. The van der Waals surface area contributed by atoms with Crippen LogP contribution in [0.4, 0.5) is 0 Å². The molecular formula is C26H30N4O10S. The van der Waals surface area contributed by atoms with Crippen molar-refractivity contribution >= 4 is 39.7 Å². The van der Waals surface area contributed by atoms with Crippen molar-refractivity contribution in [1.29, 1.82) is 0 Å². The number of likely N-dealkylation sites (N-methyl/N-ethyl adjacent to an activating group) is 1. The van der Waals surface area contributed by atoms with E-state index in [1.54, 1.807) is 24.3 Å². The summed E-state index contributed by atoms with van der Waals surface area (Å²) in [5.41, 5.74) is 2.39. The van der Waals surface area contributed by atoms with E-state index in [2.05, 4.69) is 10.6 Å². The highest BCUT2D eigenvalue weighted by Crippen LogP contribution is 2.25. The Balaban J connectivity index is 1.70. The molecule has 2 aromatic rings. The van der Waals surface area contributed by atoms with Gasteiger partial charge in [0.15, 0.2) is 0 Å². The van der Waals surface area contributed by atoms with Crippen LogP contribution in [0.25, 0.3) is 0 Å². The Morgan fingerprint density at radius 1 is 0.951 bits per heavy atom. The van der Waals surface area contributed by atoms with Crippen molar-refractivity contribution < 1.29 is 46.9 Å². The van der Waals surface area contributed by atoms with E-state index < -0.39 is 69.8 Å². The number of hydrogen-bond donors (Lipinski definition) is 5. The molecule has 1 heterocycles. The number of hydroxylamine groups is 1. The molecular weight excluding hydrogens is 560 g/mol. The summed E-state index contributed by atoms with van der Waals surface area (Å²) < 4.78 is 35.7. The zero-order chi connectivity index (χ0) is 30.3. The third kappa shape index (κ3) is 7.87. The third-order valence-electron chi connectivity index (χ3n) is 6.57. The molecule has 0 saturated carbocycles. The van der Waals surface area contributed by atoms with Gasteiger partial charge in [0.25, 0.3) is 21.9 Å². The number of nitrogens with one attached hydrogen (secondary N) is 3. The van der Waals surface area contributed by atoms with Crippen molar-refractivity contribution in [1.82, 2.24) is 21.0 Å². The van der Waals surface area contributed by atoms with Gasteiger partial charge in [-0.05, 0) is 29.8 Å². The first-order valence-corrected chi connectivity index (χ1v) is 14.0.